The summed E-state index contributed by atoms with van der Waals surface area (Å²) in [4.78, 5) is 0. The third kappa shape index (κ3) is 322. The SMILES string of the molecule is [NH]S(=O)(=O)S. The first-order chi connectivity index (χ1) is 2.00. The van der Waals surface area contributed by atoms with Gasteiger partial charge < -0.3 is 0 Å². The molecule has 0 saturated heterocycles. The maximum absolute atomic E-state index is 9.16. The average molecular weight is 112 g/mol. The molecule has 31 valence electrons. The molecular weight excluding hydrogens is 110 g/mol. The summed E-state index contributed by atoms with van der Waals surface area (Å²) < 4.78 is 18.3. The first kappa shape index (κ1) is 5.26. The van der Waals surface area contributed by atoms with Gasteiger partial charge in [0.05, 0.1) is 0 Å². The van der Waals surface area contributed by atoms with Gasteiger partial charge in [0.2, 0.25) is 0 Å². The lowest BCUT2D eigenvalue weighted by Crippen LogP contribution is -1.82. The molecule has 0 aliphatic rings. The largest absolute Gasteiger partial charge is 0.275 e. The molecule has 0 heterocycles. The van der Waals surface area contributed by atoms with Crippen LogP contribution in [0.3, 0.4) is 0 Å². The topological polar surface area (TPSA) is 57.9 Å². The Labute approximate surface area is 35.0 Å². The maximum Gasteiger partial charge on any atom is 0.275 e. The minimum atomic E-state index is -3.72. The highest BCUT2D eigenvalue weighted by Crippen LogP contribution is 1.79. The van der Waals surface area contributed by atoms with Crippen LogP contribution in [-0.4, -0.2) is 8.42 Å². The lowest BCUT2D eigenvalue weighted by molar-refractivity contribution is 0.611. The van der Waals surface area contributed by atoms with E-state index in [1.165, 1.54) is 0 Å². The van der Waals surface area contributed by atoms with E-state index in [2.05, 4.69) is 11.7 Å². The molecule has 0 bridgehead atoms. The Morgan fingerprint density at radius 2 is 1.60 bits per heavy atom. The lowest BCUT2D eigenvalue weighted by Gasteiger charge is -1.67. The van der Waals surface area contributed by atoms with Crippen LogP contribution >= 0.6 is 11.7 Å². The Morgan fingerprint density at radius 3 is 1.60 bits per heavy atom. The van der Waals surface area contributed by atoms with E-state index in [0.717, 1.165) is 0 Å². The molecule has 0 unspecified atom stereocenters. The van der Waals surface area contributed by atoms with E-state index in [0.29, 0.717) is 0 Å². The summed E-state index contributed by atoms with van der Waals surface area (Å²) in [6.45, 7) is 0. The van der Waals surface area contributed by atoms with Crippen molar-refractivity contribution in [1.29, 1.82) is 0 Å². The average Bonchev–Trinajstić information content (AvgIpc) is 0.722. The Balaban J connectivity index is 4.06. The van der Waals surface area contributed by atoms with E-state index in [9.17, 15) is 0 Å². The van der Waals surface area contributed by atoms with Crippen molar-refractivity contribution in [3.05, 3.63) is 0 Å². The van der Waals surface area contributed by atoms with Crippen molar-refractivity contribution in [2.45, 2.75) is 0 Å². The highest BCUT2D eigenvalue weighted by molar-refractivity contribution is 8.62. The molecule has 0 spiro atoms. The Bertz CT molecular complexity index is 90.8. The van der Waals surface area contributed by atoms with Crippen molar-refractivity contribution in [3.8, 4) is 0 Å². The third-order valence-electron chi connectivity index (χ3n) is 0. The van der Waals surface area contributed by atoms with Gasteiger partial charge in [0.25, 0.3) is 9.06 Å². The first-order valence-corrected chi connectivity index (χ1v) is 3.26. The van der Waals surface area contributed by atoms with Gasteiger partial charge in [-0.2, -0.15) is 8.42 Å². The molecule has 0 aromatic rings. The standard InChI is InChI=1S/H2NO2S2/c1-5(2,3)4/h1H,(H,2,3,4). The molecule has 0 aromatic heterocycles. The van der Waals surface area contributed by atoms with Crippen LogP contribution < -0.4 is 5.14 Å². The van der Waals surface area contributed by atoms with Crippen LogP contribution in [-0.2, 0) is 9.06 Å². The lowest BCUT2D eigenvalue weighted by atomic mass is 14.0. The third-order valence-corrected chi connectivity index (χ3v) is 0. The normalized spacial score (nSPS) is 11.6. The second-order valence-electron chi connectivity index (χ2n) is 0.475. The quantitative estimate of drug-likeness (QED) is 0.337. The summed E-state index contributed by atoms with van der Waals surface area (Å²) in [7, 11) is -3.72. The van der Waals surface area contributed by atoms with Gasteiger partial charge in [-0.15, -0.1) is 5.14 Å². The monoisotopic (exact) mass is 112 g/mol. The molecule has 3 nitrogen and oxygen atoms in total. The van der Waals surface area contributed by atoms with Crippen LogP contribution in [0.2, 0.25) is 0 Å². The minimum absolute atomic E-state index is 2.76. The van der Waals surface area contributed by atoms with Gasteiger partial charge in [-0.05, 0) is 11.7 Å². The molecule has 0 aliphatic heterocycles. The Kier molecular flexibility index (Phi) is 1.22. The second-order valence-corrected chi connectivity index (χ2v) is 2.87. The molecule has 1 radical (unpaired) electrons. The fraction of sp³-hybridized carbons (Fsp3) is 0. The van der Waals surface area contributed by atoms with E-state index >= 15 is 0 Å². The predicted molar refractivity (Wildman–Crippen MR) is 21.0 cm³/mol. The van der Waals surface area contributed by atoms with Crippen molar-refractivity contribution >= 4 is 20.7 Å². The Hall–Kier alpha value is 0.260. The van der Waals surface area contributed by atoms with Crippen LogP contribution in [0.1, 0.15) is 0 Å². The Morgan fingerprint density at radius 1 is 1.60 bits per heavy atom. The van der Waals surface area contributed by atoms with Crippen molar-refractivity contribution in [2.75, 3.05) is 0 Å². The molecule has 0 aromatic carbocycles. The number of thiol groups is 1. The highest BCUT2D eigenvalue weighted by atomic mass is 33.1. The van der Waals surface area contributed by atoms with Gasteiger partial charge in [-0.25, -0.2) is 0 Å². The molecule has 1 N–H and O–H groups in total. The molecular formula is H2NO2S2. The van der Waals surface area contributed by atoms with Crippen molar-refractivity contribution < 1.29 is 8.42 Å². The van der Waals surface area contributed by atoms with E-state index in [1.807, 2.05) is 0 Å². The van der Waals surface area contributed by atoms with E-state index in [4.69, 9.17) is 13.6 Å². The molecule has 0 atom stereocenters. The van der Waals surface area contributed by atoms with Crippen LogP contribution in [0.15, 0.2) is 0 Å². The molecule has 0 aliphatic carbocycles. The summed E-state index contributed by atoms with van der Waals surface area (Å²) in [6.07, 6.45) is 0. The zero-order valence-corrected chi connectivity index (χ0v) is 3.88. The van der Waals surface area contributed by atoms with Crippen molar-refractivity contribution in [1.82, 2.24) is 5.14 Å². The number of hydrogen-bond donors (Lipinski definition) is 1. The van der Waals surface area contributed by atoms with E-state index in [-0.39, 0.29) is 0 Å². The molecule has 5 heavy (non-hydrogen) atoms. The van der Waals surface area contributed by atoms with E-state index in [1.54, 1.807) is 0 Å². The zero-order valence-electron chi connectivity index (χ0n) is 2.17. The van der Waals surface area contributed by atoms with Gasteiger partial charge in [0, 0.05) is 0 Å². The van der Waals surface area contributed by atoms with Gasteiger partial charge >= 0.3 is 0 Å². The minimum Gasteiger partial charge on any atom is -0.200 e. The number of rotatable bonds is 0. The van der Waals surface area contributed by atoms with Crippen LogP contribution in [0, 0.1) is 0 Å². The highest BCUT2D eigenvalue weighted by Gasteiger charge is 1.82. The zero-order chi connectivity index (χ0) is 4.50. The summed E-state index contributed by atoms with van der Waals surface area (Å²) in [5.41, 5.74) is 0. The maximum atomic E-state index is 9.16. The number of nitrogens with one attached hydrogen (secondary N) is 1. The van der Waals surface area contributed by atoms with Crippen molar-refractivity contribution in [2.24, 2.45) is 0 Å². The predicted octanol–water partition coefficient (Wildman–Crippen LogP) is -0.556. The molecule has 0 amide bonds. The molecule has 5 heteroatoms. The van der Waals surface area contributed by atoms with Crippen LogP contribution in [0.5, 0.6) is 0 Å². The first-order valence-electron chi connectivity index (χ1n) is 0.720. The molecule has 0 rings (SSSR count). The number of hydrogen-bond acceptors (Lipinski definition) is 2. The molecule has 0 saturated carbocycles. The fourth-order valence-corrected chi connectivity index (χ4v) is 0. The summed E-state index contributed by atoms with van der Waals surface area (Å²) in [5.74, 6) is 0. The van der Waals surface area contributed by atoms with E-state index < -0.39 is 9.06 Å². The van der Waals surface area contributed by atoms with Gasteiger partial charge in [0.1, 0.15) is 0 Å². The van der Waals surface area contributed by atoms with Gasteiger partial charge in [0.15, 0.2) is 0 Å². The van der Waals surface area contributed by atoms with Gasteiger partial charge in [-0.3, -0.25) is 0 Å². The summed E-state index contributed by atoms with van der Waals surface area (Å²) in [5, 5.41) is 5.77. The van der Waals surface area contributed by atoms with Crippen LogP contribution in [0.25, 0.3) is 0 Å². The van der Waals surface area contributed by atoms with Crippen molar-refractivity contribution in [3.63, 3.8) is 0 Å². The smallest absolute Gasteiger partial charge is 0.200 e. The second kappa shape index (κ2) is 1.16. The fourth-order valence-electron chi connectivity index (χ4n) is 0. The van der Waals surface area contributed by atoms with Crippen LogP contribution in [0.4, 0.5) is 0 Å². The van der Waals surface area contributed by atoms with Gasteiger partial charge in [-0.1, -0.05) is 0 Å². The summed E-state index contributed by atoms with van der Waals surface area (Å²) in [6, 6.07) is 0. The summed E-state index contributed by atoms with van der Waals surface area (Å²) >= 11 is 2.76. The molecule has 0 fully saturated rings.